The summed E-state index contributed by atoms with van der Waals surface area (Å²) in [5.41, 5.74) is 1.82. The van der Waals surface area contributed by atoms with Crippen molar-refractivity contribution < 1.29 is 17.7 Å². The summed E-state index contributed by atoms with van der Waals surface area (Å²) in [6, 6.07) is 11.7. The molecule has 1 aromatic carbocycles. The standard InChI is InChI=1S/C23H28N4O4S/c1-16(2)22-25-23(31-26-22)27-12-10-17(11-13-27)15-30-20-7-4-18(5-8-20)19-6-9-21(24-14-19)32(3,28)29/h4-9,14,16-17H,10-13,15H2,1-3H3. The van der Waals surface area contributed by atoms with Crippen molar-refractivity contribution in [2.24, 2.45) is 5.92 Å². The first-order valence-electron chi connectivity index (χ1n) is 10.8. The van der Waals surface area contributed by atoms with Crippen LogP contribution in [0.25, 0.3) is 11.1 Å². The number of benzene rings is 1. The van der Waals surface area contributed by atoms with Crippen LogP contribution in [0, 0.1) is 5.92 Å². The van der Waals surface area contributed by atoms with Crippen LogP contribution in [0.15, 0.2) is 52.1 Å². The lowest BCUT2D eigenvalue weighted by Gasteiger charge is -2.30. The second kappa shape index (κ2) is 9.28. The van der Waals surface area contributed by atoms with Gasteiger partial charge in [-0.15, -0.1) is 0 Å². The number of nitrogens with zero attached hydrogens (tertiary/aromatic N) is 4. The fraction of sp³-hybridized carbons (Fsp3) is 0.435. The van der Waals surface area contributed by atoms with Crippen molar-refractivity contribution in [3.8, 4) is 16.9 Å². The minimum atomic E-state index is -3.29. The molecule has 1 aliphatic heterocycles. The molecule has 0 unspecified atom stereocenters. The van der Waals surface area contributed by atoms with Gasteiger partial charge in [-0.25, -0.2) is 13.4 Å². The van der Waals surface area contributed by atoms with Gasteiger partial charge in [0.1, 0.15) is 5.75 Å². The Morgan fingerprint density at radius 3 is 2.34 bits per heavy atom. The van der Waals surface area contributed by atoms with Crippen molar-refractivity contribution in [2.45, 2.75) is 37.6 Å². The van der Waals surface area contributed by atoms with Crippen molar-refractivity contribution in [3.05, 3.63) is 48.4 Å². The Balaban J connectivity index is 1.27. The molecule has 3 aromatic rings. The molecule has 1 aliphatic rings. The van der Waals surface area contributed by atoms with Crippen molar-refractivity contribution in [1.29, 1.82) is 0 Å². The van der Waals surface area contributed by atoms with Crippen LogP contribution < -0.4 is 9.64 Å². The number of ether oxygens (including phenoxy) is 1. The summed E-state index contributed by atoms with van der Waals surface area (Å²) in [7, 11) is -3.29. The van der Waals surface area contributed by atoms with E-state index in [-0.39, 0.29) is 10.9 Å². The van der Waals surface area contributed by atoms with E-state index in [1.807, 2.05) is 24.3 Å². The first kappa shape index (κ1) is 22.3. The molecule has 170 valence electrons. The molecule has 0 spiro atoms. The summed E-state index contributed by atoms with van der Waals surface area (Å²) in [5.74, 6) is 2.30. The van der Waals surface area contributed by atoms with Crippen LogP contribution in [0.5, 0.6) is 5.75 Å². The summed E-state index contributed by atoms with van der Waals surface area (Å²) in [4.78, 5) is 10.7. The van der Waals surface area contributed by atoms with E-state index in [2.05, 4.69) is 33.9 Å². The van der Waals surface area contributed by atoms with Crippen LogP contribution in [0.3, 0.4) is 0 Å². The van der Waals surface area contributed by atoms with Gasteiger partial charge in [0.25, 0.3) is 0 Å². The number of anilines is 1. The predicted molar refractivity (Wildman–Crippen MR) is 122 cm³/mol. The van der Waals surface area contributed by atoms with Gasteiger partial charge in [-0.3, -0.25) is 0 Å². The van der Waals surface area contributed by atoms with Crippen LogP contribution in [0.4, 0.5) is 6.01 Å². The van der Waals surface area contributed by atoms with E-state index in [9.17, 15) is 8.42 Å². The van der Waals surface area contributed by atoms with Gasteiger partial charge in [0.15, 0.2) is 20.7 Å². The van der Waals surface area contributed by atoms with Crippen LogP contribution in [-0.4, -0.2) is 49.5 Å². The lowest BCUT2D eigenvalue weighted by atomic mass is 9.98. The highest BCUT2D eigenvalue weighted by Crippen LogP contribution is 2.26. The van der Waals surface area contributed by atoms with Gasteiger partial charge < -0.3 is 14.2 Å². The normalized spacial score (nSPS) is 15.3. The number of aromatic nitrogens is 3. The van der Waals surface area contributed by atoms with Crippen molar-refractivity contribution in [3.63, 3.8) is 0 Å². The molecular formula is C23H28N4O4S. The molecule has 8 nitrogen and oxygen atoms in total. The SMILES string of the molecule is CC(C)c1noc(N2CCC(COc3ccc(-c4ccc(S(C)(=O)=O)nc4)cc3)CC2)n1. The summed E-state index contributed by atoms with van der Waals surface area (Å²) in [5, 5.41) is 4.12. The van der Waals surface area contributed by atoms with E-state index in [1.165, 1.54) is 6.07 Å². The van der Waals surface area contributed by atoms with E-state index in [0.717, 1.165) is 54.9 Å². The van der Waals surface area contributed by atoms with Gasteiger partial charge in [-0.2, -0.15) is 4.98 Å². The third kappa shape index (κ3) is 5.27. The van der Waals surface area contributed by atoms with Crippen LogP contribution in [-0.2, 0) is 9.84 Å². The number of sulfone groups is 1. The Morgan fingerprint density at radius 2 is 1.78 bits per heavy atom. The minimum Gasteiger partial charge on any atom is -0.493 e. The maximum Gasteiger partial charge on any atom is 0.324 e. The lowest BCUT2D eigenvalue weighted by Crippen LogP contribution is -2.35. The second-order valence-corrected chi connectivity index (χ2v) is 10.5. The smallest absolute Gasteiger partial charge is 0.324 e. The summed E-state index contributed by atoms with van der Waals surface area (Å²) >= 11 is 0. The third-order valence-corrected chi connectivity index (χ3v) is 6.62. The fourth-order valence-corrected chi connectivity index (χ4v) is 4.17. The molecule has 1 fully saturated rings. The van der Waals surface area contributed by atoms with Crippen molar-refractivity contribution >= 4 is 15.9 Å². The van der Waals surface area contributed by atoms with Gasteiger partial charge in [-0.1, -0.05) is 31.1 Å². The molecule has 1 saturated heterocycles. The molecular weight excluding hydrogens is 428 g/mol. The fourth-order valence-electron chi connectivity index (χ4n) is 3.61. The maximum atomic E-state index is 11.6. The van der Waals surface area contributed by atoms with Crippen molar-refractivity contribution in [2.75, 3.05) is 30.9 Å². The number of hydrogen-bond donors (Lipinski definition) is 0. The lowest BCUT2D eigenvalue weighted by molar-refractivity contribution is 0.220. The average molecular weight is 457 g/mol. The zero-order valence-corrected chi connectivity index (χ0v) is 19.4. The molecule has 3 heterocycles. The van der Waals surface area contributed by atoms with Crippen LogP contribution >= 0.6 is 0 Å². The Kier molecular flexibility index (Phi) is 6.45. The Bertz CT molecular complexity index is 1130. The topological polar surface area (TPSA) is 98.4 Å². The van der Waals surface area contributed by atoms with Crippen LogP contribution in [0.2, 0.25) is 0 Å². The first-order valence-corrected chi connectivity index (χ1v) is 12.7. The molecule has 0 N–H and O–H groups in total. The largest absolute Gasteiger partial charge is 0.493 e. The molecule has 2 aromatic heterocycles. The van der Waals surface area contributed by atoms with Gasteiger partial charge >= 0.3 is 6.01 Å². The molecule has 32 heavy (non-hydrogen) atoms. The predicted octanol–water partition coefficient (Wildman–Crippen LogP) is 3.95. The molecule has 0 aliphatic carbocycles. The quantitative estimate of drug-likeness (QED) is 0.527. The average Bonchev–Trinajstić information content (AvgIpc) is 3.29. The highest BCUT2D eigenvalue weighted by Gasteiger charge is 2.24. The maximum absolute atomic E-state index is 11.6. The van der Waals surface area contributed by atoms with Crippen molar-refractivity contribution in [1.82, 2.24) is 15.1 Å². The van der Waals surface area contributed by atoms with Gasteiger partial charge in [-0.05, 0) is 48.6 Å². The van der Waals surface area contributed by atoms with Gasteiger partial charge in [0.2, 0.25) is 0 Å². The van der Waals surface area contributed by atoms with E-state index in [0.29, 0.717) is 18.5 Å². The zero-order chi connectivity index (χ0) is 22.7. The number of pyridine rings is 1. The third-order valence-electron chi connectivity index (χ3n) is 5.62. The number of hydrogen-bond acceptors (Lipinski definition) is 8. The number of rotatable bonds is 7. The second-order valence-electron chi connectivity index (χ2n) is 8.51. The Hall–Kier alpha value is -2.94. The molecule has 4 rings (SSSR count). The van der Waals surface area contributed by atoms with Crippen LogP contribution in [0.1, 0.15) is 38.4 Å². The van der Waals surface area contributed by atoms with E-state index in [4.69, 9.17) is 9.26 Å². The highest BCUT2D eigenvalue weighted by molar-refractivity contribution is 7.90. The number of piperidine rings is 1. The van der Waals surface area contributed by atoms with Gasteiger partial charge in [0.05, 0.1) is 6.61 Å². The van der Waals surface area contributed by atoms with Gasteiger partial charge in [0, 0.05) is 37.0 Å². The summed E-state index contributed by atoms with van der Waals surface area (Å²) < 4.78 is 34.5. The van der Waals surface area contributed by atoms with E-state index < -0.39 is 9.84 Å². The highest BCUT2D eigenvalue weighted by atomic mass is 32.2. The Labute approximate surface area is 188 Å². The molecule has 0 amide bonds. The molecule has 0 radical (unpaired) electrons. The van der Waals surface area contributed by atoms with E-state index in [1.54, 1.807) is 12.3 Å². The zero-order valence-electron chi connectivity index (χ0n) is 18.6. The molecule has 0 bridgehead atoms. The Morgan fingerprint density at radius 1 is 1.09 bits per heavy atom. The summed E-state index contributed by atoms with van der Waals surface area (Å²) in [6.07, 6.45) is 4.75. The first-order chi connectivity index (χ1) is 15.3. The molecule has 0 atom stereocenters. The molecule has 0 saturated carbocycles. The monoisotopic (exact) mass is 456 g/mol. The molecule has 9 heteroatoms. The summed E-state index contributed by atoms with van der Waals surface area (Å²) in [6.45, 7) is 6.53. The van der Waals surface area contributed by atoms with E-state index >= 15 is 0 Å². The minimum absolute atomic E-state index is 0.0757.